The number of halogens is 3. The van der Waals surface area contributed by atoms with E-state index in [1.54, 1.807) is 25.1 Å². The number of alkyl halides is 3. The minimum atomic E-state index is -4.85. The summed E-state index contributed by atoms with van der Waals surface area (Å²) in [5.74, 6) is 0.182. The van der Waals surface area contributed by atoms with E-state index in [1.807, 2.05) is 25.1 Å². The quantitative estimate of drug-likeness (QED) is 0.333. The van der Waals surface area contributed by atoms with Crippen molar-refractivity contribution < 1.29 is 17.9 Å². The Bertz CT molecular complexity index is 1520. The third kappa shape index (κ3) is 5.46. The van der Waals surface area contributed by atoms with Gasteiger partial charge in [0.1, 0.15) is 11.5 Å². The average Bonchev–Trinajstić information content (AvgIpc) is 3.27. The molecule has 4 rings (SSSR count). The molecule has 0 bridgehead atoms. The van der Waals surface area contributed by atoms with Gasteiger partial charge in [-0.15, -0.1) is 0 Å². The first-order chi connectivity index (χ1) is 18.5. The van der Waals surface area contributed by atoms with Gasteiger partial charge in [-0.3, -0.25) is 4.79 Å². The second kappa shape index (κ2) is 11.0. The molecule has 10 heteroatoms. The van der Waals surface area contributed by atoms with Crippen LogP contribution in [0.1, 0.15) is 49.2 Å². The van der Waals surface area contributed by atoms with Crippen LogP contribution in [0.25, 0.3) is 11.3 Å². The first kappa shape index (κ1) is 28.1. The zero-order chi connectivity index (χ0) is 28.5. The maximum Gasteiger partial charge on any atom is 0.437 e. The third-order valence-corrected chi connectivity index (χ3v) is 6.74. The molecule has 0 saturated heterocycles. The lowest BCUT2D eigenvalue weighted by Crippen LogP contribution is -2.30. The Morgan fingerprint density at radius 1 is 1.08 bits per heavy atom. The average molecular weight is 540 g/mol. The second-order valence-electron chi connectivity index (χ2n) is 9.54. The van der Waals surface area contributed by atoms with Crippen molar-refractivity contribution in [2.45, 2.75) is 53.6 Å². The summed E-state index contributed by atoms with van der Waals surface area (Å²) in [4.78, 5) is 24.4. The number of rotatable bonds is 8. The highest BCUT2D eigenvalue weighted by molar-refractivity contribution is 6.51. The minimum absolute atomic E-state index is 0.154. The molecule has 1 aliphatic rings. The molecule has 1 aromatic heterocycles. The number of hydrogen-bond donors (Lipinski definition) is 0. The summed E-state index contributed by atoms with van der Waals surface area (Å²) in [7, 11) is 1.48. The van der Waals surface area contributed by atoms with Crippen molar-refractivity contribution in [1.82, 2.24) is 9.66 Å². The van der Waals surface area contributed by atoms with Crippen LogP contribution in [0.2, 0.25) is 0 Å². The minimum Gasteiger partial charge on any atom is -0.496 e. The number of nitrogens with zero attached hydrogens (tertiary/aromatic N) is 5. The number of anilines is 1. The summed E-state index contributed by atoms with van der Waals surface area (Å²) in [5, 5.41) is 3.64. The number of fused-ring (bicyclic) bond motifs is 1. The van der Waals surface area contributed by atoms with E-state index in [4.69, 9.17) is 4.74 Å². The molecule has 0 spiro atoms. The molecule has 1 aliphatic heterocycles. The van der Waals surface area contributed by atoms with E-state index in [0.717, 1.165) is 37.2 Å². The van der Waals surface area contributed by atoms with Gasteiger partial charge in [0.2, 0.25) is 0 Å². The van der Waals surface area contributed by atoms with E-state index < -0.39 is 23.2 Å². The van der Waals surface area contributed by atoms with Crippen LogP contribution in [0.15, 0.2) is 51.3 Å². The molecule has 39 heavy (non-hydrogen) atoms. The predicted molar refractivity (Wildman–Crippen MR) is 149 cm³/mol. The van der Waals surface area contributed by atoms with Gasteiger partial charge in [0, 0.05) is 29.9 Å². The van der Waals surface area contributed by atoms with Crippen LogP contribution in [0.5, 0.6) is 5.75 Å². The van der Waals surface area contributed by atoms with Gasteiger partial charge in [0.15, 0.2) is 11.5 Å². The number of ether oxygens (including phenoxy) is 1. The van der Waals surface area contributed by atoms with Gasteiger partial charge in [-0.2, -0.15) is 22.9 Å². The van der Waals surface area contributed by atoms with Crippen LogP contribution in [0, 0.1) is 20.8 Å². The number of unbranched alkanes of at least 4 members (excludes halogenated alkanes) is 1. The number of aliphatic imine (C=N–C) groups is 1. The molecule has 0 aliphatic carbocycles. The van der Waals surface area contributed by atoms with Gasteiger partial charge >= 0.3 is 6.18 Å². The third-order valence-electron chi connectivity index (χ3n) is 6.74. The van der Waals surface area contributed by atoms with Gasteiger partial charge < -0.3 is 9.64 Å². The van der Waals surface area contributed by atoms with Crippen LogP contribution in [-0.2, 0) is 0 Å². The lowest BCUT2D eigenvalue weighted by atomic mass is 10.0. The number of aryl methyl sites for hydroxylation is 2. The fourth-order valence-electron chi connectivity index (χ4n) is 4.56. The Hall–Kier alpha value is -3.95. The molecule has 2 heterocycles. The summed E-state index contributed by atoms with van der Waals surface area (Å²) >= 11 is 0. The van der Waals surface area contributed by atoms with Crippen molar-refractivity contribution >= 4 is 22.8 Å². The van der Waals surface area contributed by atoms with Gasteiger partial charge in [0.05, 0.1) is 18.5 Å². The molecule has 0 N–H and O–H groups in total. The van der Waals surface area contributed by atoms with Gasteiger partial charge in [-0.25, -0.2) is 9.98 Å². The van der Waals surface area contributed by atoms with Crippen LogP contribution in [-0.4, -0.2) is 47.5 Å². The van der Waals surface area contributed by atoms with Crippen LogP contribution >= 0.6 is 0 Å². The molecular formula is C29H32F3N5O2. The number of aromatic nitrogens is 2. The second-order valence-corrected chi connectivity index (χ2v) is 9.54. The Morgan fingerprint density at radius 3 is 2.44 bits per heavy atom. The summed E-state index contributed by atoms with van der Waals surface area (Å²) in [6.07, 6.45) is -2.75. The van der Waals surface area contributed by atoms with Crippen molar-refractivity contribution in [3.8, 4) is 17.0 Å². The number of methoxy groups -OCH3 is 1. The van der Waals surface area contributed by atoms with Gasteiger partial charge in [-0.05, 0) is 70.0 Å². The maximum absolute atomic E-state index is 14.2. The molecule has 0 unspecified atom stereocenters. The number of benzene rings is 2. The maximum atomic E-state index is 14.2. The molecule has 0 saturated carbocycles. The molecule has 7 nitrogen and oxygen atoms in total. The van der Waals surface area contributed by atoms with Crippen LogP contribution in [0.4, 0.5) is 24.5 Å². The van der Waals surface area contributed by atoms with Crippen LogP contribution in [0.3, 0.4) is 0 Å². The lowest BCUT2D eigenvalue weighted by molar-refractivity contribution is -0.0567. The van der Waals surface area contributed by atoms with Gasteiger partial charge in [-0.1, -0.05) is 25.0 Å². The first-order valence-electron chi connectivity index (χ1n) is 12.9. The Balaban J connectivity index is 1.90. The highest BCUT2D eigenvalue weighted by Gasteiger charge is 2.45. The fraction of sp³-hybridized carbons (Fsp3) is 0.379. The molecule has 0 fully saturated rings. The molecule has 0 radical (unpaired) electrons. The molecule has 2 aromatic carbocycles. The van der Waals surface area contributed by atoms with E-state index in [2.05, 4.69) is 33.8 Å². The van der Waals surface area contributed by atoms with E-state index >= 15 is 0 Å². The van der Waals surface area contributed by atoms with Gasteiger partial charge in [0.25, 0.3) is 5.56 Å². The Labute approximate surface area is 225 Å². The normalized spacial score (nSPS) is 14.0. The summed E-state index contributed by atoms with van der Waals surface area (Å²) in [6.45, 7) is 11.1. The topological polar surface area (TPSA) is 72.1 Å². The lowest BCUT2D eigenvalue weighted by Gasteiger charge is -2.23. The van der Waals surface area contributed by atoms with Crippen LogP contribution < -0.4 is 15.2 Å². The fourth-order valence-corrected chi connectivity index (χ4v) is 4.56. The molecule has 0 amide bonds. The van der Waals surface area contributed by atoms with Crippen molar-refractivity contribution in [3.63, 3.8) is 0 Å². The molecule has 0 atom stereocenters. The van der Waals surface area contributed by atoms with Crippen molar-refractivity contribution in [2.24, 2.45) is 10.1 Å². The Kier molecular flexibility index (Phi) is 7.94. The Morgan fingerprint density at radius 2 is 1.82 bits per heavy atom. The smallest absolute Gasteiger partial charge is 0.437 e. The molecule has 3 aromatic rings. The van der Waals surface area contributed by atoms with Crippen molar-refractivity contribution in [3.05, 3.63) is 69.3 Å². The largest absolute Gasteiger partial charge is 0.496 e. The van der Waals surface area contributed by atoms with E-state index in [0.29, 0.717) is 27.2 Å². The summed E-state index contributed by atoms with van der Waals surface area (Å²) in [6, 6.07) is 10.8. The SMILES string of the molecule is CCCCN(CC)c1ccc(N=C2C(C(F)(F)F)=Nn3c2nc(-c2cc(C)ccc2OC)c(C)c3=O)c(C)c1. The predicted octanol–water partition coefficient (Wildman–Crippen LogP) is 6.37. The van der Waals surface area contributed by atoms with E-state index in [-0.39, 0.29) is 17.1 Å². The molecular weight excluding hydrogens is 507 g/mol. The zero-order valence-electron chi connectivity index (χ0n) is 23.0. The molecule has 206 valence electrons. The van der Waals surface area contributed by atoms with Crippen molar-refractivity contribution in [1.29, 1.82) is 0 Å². The highest BCUT2D eigenvalue weighted by Crippen LogP contribution is 2.34. The summed E-state index contributed by atoms with van der Waals surface area (Å²) in [5.41, 5.74) is 1.31. The standard InChI is InChI=1S/C29H32F3N5O2/c1-7-9-14-36(8-2)20-11-12-22(18(4)16-20)33-25-26(29(30,31)32)35-37-27(25)34-24(19(5)28(37)38)21-15-17(3)10-13-23(21)39-6/h10-13,15-16H,7-9,14H2,1-6H3. The van der Waals surface area contributed by atoms with E-state index in [9.17, 15) is 18.0 Å². The zero-order valence-corrected chi connectivity index (χ0v) is 23.0. The van der Waals surface area contributed by atoms with Crippen molar-refractivity contribution in [2.75, 3.05) is 25.1 Å². The monoisotopic (exact) mass is 539 g/mol. The summed E-state index contributed by atoms with van der Waals surface area (Å²) < 4.78 is 48.6. The first-order valence-corrected chi connectivity index (χ1v) is 12.9. The van der Waals surface area contributed by atoms with E-state index in [1.165, 1.54) is 14.0 Å². The number of hydrogen-bond acceptors (Lipinski definition) is 6. The highest BCUT2D eigenvalue weighted by atomic mass is 19.4.